The van der Waals surface area contributed by atoms with Crippen LogP contribution in [-0.2, 0) is 11.2 Å². The van der Waals surface area contributed by atoms with E-state index < -0.39 is 0 Å². The Balaban J connectivity index is 1.84. The summed E-state index contributed by atoms with van der Waals surface area (Å²) in [5.41, 5.74) is 9.39. The van der Waals surface area contributed by atoms with Gasteiger partial charge in [0.25, 0.3) is 0 Å². The number of carbonyl (C=O) groups is 1. The summed E-state index contributed by atoms with van der Waals surface area (Å²) in [7, 11) is 0. The van der Waals surface area contributed by atoms with Gasteiger partial charge in [-0.2, -0.15) is 0 Å². The van der Waals surface area contributed by atoms with Crippen molar-refractivity contribution in [2.45, 2.75) is 31.3 Å². The van der Waals surface area contributed by atoms with Crippen LogP contribution in [0.25, 0.3) is 0 Å². The zero-order valence-electron chi connectivity index (χ0n) is 9.70. The average molecular weight is 231 g/mol. The van der Waals surface area contributed by atoms with Gasteiger partial charge in [-0.3, -0.25) is 4.79 Å². The summed E-state index contributed by atoms with van der Waals surface area (Å²) < 4.78 is 0. The van der Waals surface area contributed by atoms with Gasteiger partial charge in [-0.25, -0.2) is 0 Å². The van der Waals surface area contributed by atoms with Crippen molar-refractivity contribution in [1.29, 1.82) is 0 Å². The Kier molecular flexibility index (Phi) is 2.61. The lowest BCUT2D eigenvalue weighted by Crippen LogP contribution is -2.34. The van der Waals surface area contributed by atoms with E-state index in [0.29, 0.717) is 12.5 Å². The topological polar surface area (TPSA) is 67.2 Å². The van der Waals surface area contributed by atoms with Crippen LogP contribution in [0.5, 0.6) is 0 Å². The van der Waals surface area contributed by atoms with Gasteiger partial charge in [0.05, 0.1) is 6.42 Å². The molecule has 0 aliphatic carbocycles. The molecule has 3 rings (SSSR count). The van der Waals surface area contributed by atoms with Gasteiger partial charge >= 0.3 is 0 Å². The fourth-order valence-corrected chi connectivity index (χ4v) is 2.71. The molecule has 0 saturated carbocycles. The lowest BCUT2D eigenvalue weighted by atomic mass is 9.96. The van der Waals surface area contributed by atoms with E-state index in [2.05, 4.69) is 16.7 Å². The molecule has 2 unspecified atom stereocenters. The SMILES string of the molecule is NC(c1ccc2c(c1)CC(=O)N2)C1CCCN1. The molecular formula is C13H17N3O. The van der Waals surface area contributed by atoms with Gasteiger partial charge in [-0.05, 0) is 36.6 Å². The van der Waals surface area contributed by atoms with Crippen LogP contribution >= 0.6 is 0 Å². The van der Waals surface area contributed by atoms with Crippen LogP contribution in [0.15, 0.2) is 18.2 Å². The van der Waals surface area contributed by atoms with E-state index in [-0.39, 0.29) is 11.9 Å². The third-order valence-electron chi connectivity index (χ3n) is 3.67. The lowest BCUT2D eigenvalue weighted by Gasteiger charge is -2.20. The molecule has 90 valence electrons. The van der Waals surface area contributed by atoms with Crippen LogP contribution in [-0.4, -0.2) is 18.5 Å². The molecule has 1 saturated heterocycles. The first-order chi connectivity index (χ1) is 8.24. The van der Waals surface area contributed by atoms with E-state index in [9.17, 15) is 4.79 Å². The second-order valence-electron chi connectivity index (χ2n) is 4.87. The van der Waals surface area contributed by atoms with Crippen LogP contribution in [0.4, 0.5) is 5.69 Å². The zero-order valence-corrected chi connectivity index (χ0v) is 9.70. The molecule has 0 spiro atoms. The third kappa shape index (κ3) is 1.94. The van der Waals surface area contributed by atoms with Crippen molar-refractivity contribution in [3.05, 3.63) is 29.3 Å². The van der Waals surface area contributed by atoms with E-state index in [1.54, 1.807) is 0 Å². The van der Waals surface area contributed by atoms with E-state index in [1.807, 2.05) is 12.1 Å². The minimum Gasteiger partial charge on any atom is -0.326 e. The molecule has 2 aliphatic heterocycles. The highest BCUT2D eigenvalue weighted by molar-refractivity contribution is 5.99. The monoisotopic (exact) mass is 231 g/mol. The molecule has 4 N–H and O–H groups in total. The molecule has 1 aromatic carbocycles. The predicted octanol–water partition coefficient (Wildman–Crippen LogP) is 0.933. The van der Waals surface area contributed by atoms with Crippen molar-refractivity contribution < 1.29 is 4.79 Å². The Bertz CT molecular complexity index is 452. The summed E-state index contributed by atoms with van der Waals surface area (Å²) in [5, 5.41) is 6.26. The highest BCUT2D eigenvalue weighted by Crippen LogP contribution is 2.28. The zero-order chi connectivity index (χ0) is 11.8. The Labute approximate surface area is 101 Å². The number of fused-ring (bicyclic) bond motifs is 1. The summed E-state index contributed by atoms with van der Waals surface area (Å²) >= 11 is 0. The summed E-state index contributed by atoms with van der Waals surface area (Å²) in [6.07, 6.45) is 2.81. The Hall–Kier alpha value is -1.39. The van der Waals surface area contributed by atoms with Crippen LogP contribution in [0, 0.1) is 0 Å². The van der Waals surface area contributed by atoms with Gasteiger partial charge in [-0.1, -0.05) is 12.1 Å². The number of amides is 1. The molecule has 1 aromatic rings. The van der Waals surface area contributed by atoms with Gasteiger partial charge in [0.2, 0.25) is 5.91 Å². The largest absolute Gasteiger partial charge is 0.326 e. The van der Waals surface area contributed by atoms with Crippen molar-refractivity contribution >= 4 is 11.6 Å². The summed E-state index contributed by atoms with van der Waals surface area (Å²) in [6.45, 7) is 1.06. The second kappa shape index (κ2) is 4.13. The summed E-state index contributed by atoms with van der Waals surface area (Å²) in [6, 6.07) is 6.45. The third-order valence-corrected chi connectivity index (χ3v) is 3.67. The van der Waals surface area contributed by atoms with Crippen LogP contribution < -0.4 is 16.4 Å². The molecule has 2 atom stereocenters. The molecule has 2 aliphatic rings. The number of rotatable bonds is 2. The first kappa shape index (κ1) is 10.7. The van der Waals surface area contributed by atoms with E-state index in [4.69, 9.17) is 5.73 Å². The minimum absolute atomic E-state index is 0.0264. The molecule has 1 fully saturated rings. The van der Waals surface area contributed by atoms with Crippen LogP contribution in [0.3, 0.4) is 0 Å². The van der Waals surface area contributed by atoms with E-state index >= 15 is 0 Å². The first-order valence-corrected chi connectivity index (χ1v) is 6.16. The highest BCUT2D eigenvalue weighted by atomic mass is 16.1. The Morgan fingerprint density at radius 2 is 2.29 bits per heavy atom. The van der Waals surface area contributed by atoms with Crippen LogP contribution in [0.1, 0.15) is 30.0 Å². The molecule has 0 aromatic heterocycles. The molecule has 1 amide bonds. The normalized spacial score (nSPS) is 24.5. The van der Waals surface area contributed by atoms with Crippen molar-refractivity contribution in [2.75, 3.05) is 11.9 Å². The van der Waals surface area contributed by atoms with Crippen molar-refractivity contribution in [3.63, 3.8) is 0 Å². The molecule has 17 heavy (non-hydrogen) atoms. The molecule has 2 heterocycles. The Morgan fingerprint density at radius 1 is 1.41 bits per heavy atom. The molecule has 0 radical (unpaired) electrons. The maximum absolute atomic E-state index is 11.3. The average Bonchev–Trinajstić information content (AvgIpc) is 2.94. The molecular weight excluding hydrogens is 214 g/mol. The van der Waals surface area contributed by atoms with Gasteiger partial charge in [-0.15, -0.1) is 0 Å². The lowest BCUT2D eigenvalue weighted by molar-refractivity contribution is -0.115. The standard InChI is InChI=1S/C13H17N3O/c14-13(11-2-1-5-15-11)8-3-4-10-9(6-8)7-12(17)16-10/h3-4,6,11,13,15H,1-2,5,7,14H2,(H,16,17). The fraction of sp³-hybridized carbons (Fsp3) is 0.462. The quantitative estimate of drug-likeness (QED) is 0.709. The number of benzene rings is 1. The smallest absolute Gasteiger partial charge is 0.228 e. The number of nitrogens with two attached hydrogens (primary N) is 1. The Morgan fingerprint density at radius 3 is 3.06 bits per heavy atom. The number of carbonyl (C=O) groups excluding carboxylic acids is 1. The van der Waals surface area contributed by atoms with Crippen molar-refractivity contribution in [3.8, 4) is 0 Å². The molecule has 4 heteroatoms. The van der Waals surface area contributed by atoms with Crippen LogP contribution in [0.2, 0.25) is 0 Å². The van der Waals surface area contributed by atoms with Gasteiger partial charge in [0, 0.05) is 17.8 Å². The number of hydrogen-bond donors (Lipinski definition) is 3. The van der Waals surface area contributed by atoms with E-state index in [0.717, 1.165) is 29.8 Å². The van der Waals surface area contributed by atoms with Gasteiger partial charge in [0.15, 0.2) is 0 Å². The van der Waals surface area contributed by atoms with Gasteiger partial charge < -0.3 is 16.4 Å². The van der Waals surface area contributed by atoms with Crippen molar-refractivity contribution in [1.82, 2.24) is 5.32 Å². The predicted molar refractivity (Wildman–Crippen MR) is 66.7 cm³/mol. The second-order valence-corrected chi connectivity index (χ2v) is 4.87. The van der Waals surface area contributed by atoms with E-state index in [1.165, 1.54) is 6.42 Å². The van der Waals surface area contributed by atoms with Crippen molar-refractivity contribution in [2.24, 2.45) is 5.73 Å². The first-order valence-electron chi connectivity index (χ1n) is 6.16. The number of nitrogens with one attached hydrogen (secondary N) is 2. The minimum atomic E-state index is 0.0264. The molecule has 4 nitrogen and oxygen atoms in total. The number of anilines is 1. The molecule has 0 bridgehead atoms. The van der Waals surface area contributed by atoms with Gasteiger partial charge in [0.1, 0.15) is 0 Å². The maximum Gasteiger partial charge on any atom is 0.228 e. The highest BCUT2D eigenvalue weighted by Gasteiger charge is 2.24. The summed E-state index contributed by atoms with van der Waals surface area (Å²) in [4.78, 5) is 11.3. The summed E-state index contributed by atoms with van der Waals surface area (Å²) in [5.74, 6) is 0.0738. The number of hydrogen-bond acceptors (Lipinski definition) is 3. The fourth-order valence-electron chi connectivity index (χ4n) is 2.71. The maximum atomic E-state index is 11.3.